The van der Waals surface area contributed by atoms with Crippen molar-refractivity contribution in [2.75, 3.05) is 27.4 Å². The van der Waals surface area contributed by atoms with Gasteiger partial charge < -0.3 is 14.8 Å². The molecule has 0 aliphatic rings. The largest absolute Gasteiger partial charge is 0.468 e. The van der Waals surface area contributed by atoms with Crippen LogP contribution in [0.5, 0.6) is 0 Å². The summed E-state index contributed by atoms with van der Waals surface area (Å²) in [7, 11) is 2.89. The highest BCUT2D eigenvalue weighted by Crippen LogP contribution is 2.13. The second-order valence-corrected chi connectivity index (χ2v) is 4.67. The first kappa shape index (κ1) is 17.1. The number of ether oxygens (including phenoxy) is 2. The zero-order chi connectivity index (χ0) is 15.7. The standard InChI is InChI=1S/C15H22N2O4/c1-11(10-20-2)17-13(18)9-16-14(15(19)21-3)12-7-5-4-6-8-12/h4-8,11,14,16H,9-10H2,1-3H3,(H,17,18). The Morgan fingerprint density at radius 1 is 1.19 bits per heavy atom. The number of hydrogen-bond donors (Lipinski definition) is 2. The van der Waals surface area contributed by atoms with E-state index in [0.29, 0.717) is 6.61 Å². The molecule has 0 aromatic heterocycles. The Balaban J connectivity index is 2.59. The maximum atomic E-state index is 11.8. The van der Waals surface area contributed by atoms with E-state index in [1.165, 1.54) is 7.11 Å². The zero-order valence-corrected chi connectivity index (χ0v) is 12.6. The minimum atomic E-state index is -0.667. The molecular formula is C15H22N2O4. The van der Waals surface area contributed by atoms with Crippen molar-refractivity contribution in [2.24, 2.45) is 0 Å². The normalized spacial score (nSPS) is 13.3. The molecule has 0 radical (unpaired) electrons. The Labute approximate surface area is 124 Å². The van der Waals surface area contributed by atoms with Crippen molar-refractivity contribution < 1.29 is 19.1 Å². The van der Waals surface area contributed by atoms with E-state index in [-0.39, 0.29) is 18.5 Å². The molecule has 21 heavy (non-hydrogen) atoms. The van der Waals surface area contributed by atoms with Gasteiger partial charge in [-0.05, 0) is 12.5 Å². The van der Waals surface area contributed by atoms with Crippen molar-refractivity contribution in [1.29, 1.82) is 0 Å². The first-order valence-corrected chi connectivity index (χ1v) is 6.73. The third-order valence-electron chi connectivity index (χ3n) is 2.86. The second-order valence-electron chi connectivity index (χ2n) is 4.67. The molecule has 0 saturated carbocycles. The van der Waals surface area contributed by atoms with E-state index in [1.807, 2.05) is 25.1 Å². The summed E-state index contributed by atoms with van der Waals surface area (Å²) < 4.78 is 9.71. The van der Waals surface area contributed by atoms with Crippen LogP contribution in [0.25, 0.3) is 0 Å². The van der Waals surface area contributed by atoms with Gasteiger partial charge in [-0.15, -0.1) is 0 Å². The fraction of sp³-hybridized carbons (Fsp3) is 0.467. The van der Waals surface area contributed by atoms with Gasteiger partial charge in [0.2, 0.25) is 5.91 Å². The first-order valence-electron chi connectivity index (χ1n) is 6.73. The smallest absolute Gasteiger partial charge is 0.327 e. The molecule has 6 heteroatoms. The van der Waals surface area contributed by atoms with Gasteiger partial charge in [-0.2, -0.15) is 0 Å². The predicted octanol–water partition coefficient (Wildman–Crippen LogP) is 0.641. The summed E-state index contributed by atoms with van der Waals surface area (Å²) in [5.41, 5.74) is 0.752. The van der Waals surface area contributed by atoms with Crippen LogP contribution in [0.2, 0.25) is 0 Å². The molecule has 0 bridgehead atoms. The van der Waals surface area contributed by atoms with E-state index in [9.17, 15) is 9.59 Å². The summed E-state index contributed by atoms with van der Waals surface area (Å²) in [6.45, 7) is 2.30. The summed E-state index contributed by atoms with van der Waals surface area (Å²) in [5.74, 6) is -0.636. The van der Waals surface area contributed by atoms with Crippen LogP contribution >= 0.6 is 0 Å². The van der Waals surface area contributed by atoms with Gasteiger partial charge in [-0.25, -0.2) is 4.79 Å². The van der Waals surface area contributed by atoms with Crippen LogP contribution in [-0.2, 0) is 19.1 Å². The lowest BCUT2D eigenvalue weighted by atomic mass is 10.1. The van der Waals surface area contributed by atoms with Crippen LogP contribution in [-0.4, -0.2) is 45.3 Å². The summed E-state index contributed by atoms with van der Waals surface area (Å²) >= 11 is 0. The third kappa shape index (κ3) is 5.93. The number of carbonyl (C=O) groups excluding carboxylic acids is 2. The summed E-state index contributed by atoms with van der Waals surface area (Å²) in [5, 5.41) is 5.67. The van der Waals surface area contributed by atoms with Crippen LogP contribution in [0, 0.1) is 0 Å². The SMILES string of the molecule is COCC(C)NC(=O)CNC(C(=O)OC)c1ccccc1. The number of nitrogens with one attached hydrogen (secondary N) is 2. The third-order valence-corrected chi connectivity index (χ3v) is 2.86. The van der Waals surface area contributed by atoms with Gasteiger partial charge in [0.15, 0.2) is 0 Å². The molecule has 2 atom stereocenters. The zero-order valence-electron chi connectivity index (χ0n) is 12.6. The van der Waals surface area contributed by atoms with Crippen molar-refractivity contribution in [3.63, 3.8) is 0 Å². The van der Waals surface area contributed by atoms with Gasteiger partial charge in [0.1, 0.15) is 6.04 Å². The molecule has 0 saturated heterocycles. The van der Waals surface area contributed by atoms with Crippen molar-refractivity contribution in [1.82, 2.24) is 10.6 Å². The number of hydrogen-bond acceptors (Lipinski definition) is 5. The van der Waals surface area contributed by atoms with Gasteiger partial charge in [0.05, 0.1) is 20.3 Å². The Bertz CT molecular complexity index is 450. The number of carbonyl (C=O) groups is 2. The quantitative estimate of drug-likeness (QED) is 0.688. The Morgan fingerprint density at radius 3 is 2.43 bits per heavy atom. The van der Waals surface area contributed by atoms with Crippen LogP contribution < -0.4 is 10.6 Å². The van der Waals surface area contributed by atoms with Gasteiger partial charge in [-0.3, -0.25) is 10.1 Å². The summed E-state index contributed by atoms with van der Waals surface area (Å²) in [6.07, 6.45) is 0. The first-order chi connectivity index (χ1) is 10.1. The fourth-order valence-corrected chi connectivity index (χ4v) is 1.91. The average molecular weight is 294 g/mol. The van der Waals surface area contributed by atoms with E-state index < -0.39 is 12.0 Å². The molecule has 2 unspecified atom stereocenters. The lowest BCUT2D eigenvalue weighted by Crippen LogP contribution is -2.43. The number of rotatable bonds is 8. The topological polar surface area (TPSA) is 76.7 Å². The molecule has 0 aliphatic carbocycles. The number of esters is 1. The molecule has 1 aromatic rings. The van der Waals surface area contributed by atoms with Crippen LogP contribution in [0.4, 0.5) is 0 Å². The summed E-state index contributed by atoms with van der Waals surface area (Å²) in [4.78, 5) is 23.6. The molecule has 2 N–H and O–H groups in total. The minimum Gasteiger partial charge on any atom is -0.468 e. The minimum absolute atomic E-state index is 0.0166. The van der Waals surface area contributed by atoms with Crippen molar-refractivity contribution in [3.8, 4) is 0 Å². The molecule has 0 aliphatic heterocycles. The van der Waals surface area contributed by atoms with Gasteiger partial charge >= 0.3 is 5.97 Å². The summed E-state index contributed by atoms with van der Waals surface area (Å²) in [6, 6.07) is 8.37. The molecule has 0 fully saturated rings. The highest BCUT2D eigenvalue weighted by atomic mass is 16.5. The Kier molecular flexibility index (Phi) is 7.42. The van der Waals surface area contributed by atoms with Gasteiger partial charge in [-0.1, -0.05) is 30.3 Å². The molecule has 1 aromatic carbocycles. The van der Waals surface area contributed by atoms with E-state index in [4.69, 9.17) is 9.47 Å². The Hall–Kier alpha value is -1.92. The van der Waals surface area contributed by atoms with Crippen LogP contribution in [0.3, 0.4) is 0 Å². The molecule has 116 valence electrons. The highest BCUT2D eigenvalue weighted by molar-refractivity contribution is 5.81. The van der Waals surface area contributed by atoms with Gasteiger partial charge in [0.25, 0.3) is 0 Å². The lowest BCUT2D eigenvalue weighted by Gasteiger charge is -2.18. The highest BCUT2D eigenvalue weighted by Gasteiger charge is 2.21. The van der Waals surface area contributed by atoms with E-state index in [2.05, 4.69) is 10.6 Å². The monoisotopic (exact) mass is 294 g/mol. The number of benzene rings is 1. The van der Waals surface area contributed by atoms with E-state index >= 15 is 0 Å². The average Bonchev–Trinajstić information content (AvgIpc) is 2.48. The molecular weight excluding hydrogens is 272 g/mol. The van der Waals surface area contributed by atoms with Gasteiger partial charge in [0, 0.05) is 13.2 Å². The maximum absolute atomic E-state index is 11.8. The molecule has 0 spiro atoms. The predicted molar refractivity (Wildman–Crippen MR) is 78.7 cm³/mol. The van der Waals surface area contributed by atoms with Crippen molar-refractivity contribution in [2.45, 2.75) is 19.0 Å². The lowest BCUT2D eigenvalue weighted by molar-refractivity contribution is -0.143. The molecule has 1 rings (SSSR count). The Morgan fingerprint density at radius 2 is 1.86 bits per heavy atom. The van der Waals surface area contributed by atoms with Crippen LogP contribution in [0.15, 0.2) is 30.3 Å². The number of amides is 1. The van der Waals surface area contributed by atoms with Crippen molar-refractivity contribution >= 4 is 11.9 Å². The second kappa shape index (κ2) is 9.10. The molecule has 6 nitrogen and oxygen atoms in total. The maximum Gasteiger partial charge on any atom is 0.327 e. The van der Waals surface area contributed by atoms with E-state index in [0.717, 1.165) is 5.56 Å². The van der Waals surface area contributed by atoms with Crippen LogP contribution in [0.1, 0.15) is 18.5 Å². The molecule has 1 amide bonds. The fourth-order valence-electron chi connectivity index (χ4n) is 1.91. The van der Waals surface area contributed by atoms with E-state index in [1.54, 1.807) is 19.2 Å². The van der Waals surface area contributed by atoms with Crippen molar-refractivity contribution in [3.05, 3.63) is 35.9 Å². The number of methoxy groups -OCH3 is 2. The molecule has 0 heterocycles.